The van der Waals surface area contributed by atoms with Gasteiger partial charge in [-0.25, -0.2) is 0 Å². The minimum absolute atomic E-state index is 0. The Labute approximate surface area is 206 Å². The Kier molecular flexibility index (Phi) is 10.2. The Hall–Kier alpha value is -1.65. The molecule has 1 aromatic carbocycles. The van der Waals surface area contributed by atoms with Crippen molar-refractivity contribution >= 4 is 47.2 Å². The van der Waals surface area contributed by atoms with Crippen LogP contribution in [0.4, 0.5) is 0 Å². The number of aliphatic imine (C=N–C) groups is 1. The summed E-state index contributed by atoms with van der Waals surface area (Å²) in [6.45, 7) is 8.96. The summed E-state index contributed by atoms with van der Waals surface area (Å²) in [5.74, 6) is 1.27. The highest BCUT2D eigenvalue weighted by Crippen LogP contribution is 2.19. The average Bonchev–Trinajstić information content (AvgIpc) is 3.28. The Morgan fingerprint density at radius 2 is 1.87 bits per heavy atom. The summed E-state index contributed by atoms with van der Waals surface area (Å²) in [6.07, 6.45) is 0.144. The summed E-state index contributed by atoms with van der Waals surface area (Å²) in [5, 5.41) is 8.83. The second kappa shape index (κ2) is 12.4. The van der Waals surface area contributed by atoms with Crippen LogP contribution in [0.3, 0.4) is 0 Å². The van der Waals surface area contributed by atoms with Crippen LogP contribution in [0.5, 0.6) is 0 Å². The van der Waals surface area contributed by atoms with Crippen molar-refractivity contribution in [3.63, 3.8) is 0 Å². The fraction of sp³-hybridized carbons (Fsp3) is 0.478. The van der Waals surface area contributed by atoms with Gasteiger partial charge in [-0.15, -0.1) is 35.3 Å². The van der Waals surface area contributed by atoms with Crippen LogP contribution in [0.2, 0.25) is 0 Å². The van der Waals surface area contributed by atoms with Gasteiger partial charge < -0.3 is 20.3 Å². The van der Waals surface area contributed by atoms with Crippen molar-refractivity contribution in [3.8, 4) is 0 Å². The molecule has 1 aromatic heterocycles. The van der Waals surface area contributed by atoms with Crippen molar-refractivity contribution in [1.82, 2.24) is 15.5 Å². The fourth-order valence-corrected chi connectivity index (χ4v) is 4.41. The molecule has 31 heavy (non-hydrogen) atoms. The Morgan fingerprint density at radius 3 is 2.45 bits per heavy atom. The molecule has 3 rings (SSSR count). The Morgan fingerprint density at radius 1 is 1.19 bits per heavy atom. The number of ether oxygens (including phenoxy) is 1. The van der Waals surface area contributed by atoms with Gasteiger partial charge in [-0.3, -0.25) is 9.79 Å². The minimum atomic E-state index is 0. The quantitative estimate of drug-likeness (QED) is 0.320. The lowest BCUT2D eigenvalue weighted by atomic mass is 10.1. The number of halogens is 1. The van der Waals surface area contributed by atoms with Gasteiger partial charge in [0.05, 0.1) is 12.2 Å². The number of carbonyl (C=O) groups excluding carboxylic acids is 1. The first-order chi connectivity index (χ1) is 14.5. The van der Waals surface area contributed by atoms with E-state index in [9.17, 15) is 4.79 Å². The van der Waals surface area contributed by atoms with Gasteiger partial charge in [0, 0.05) is 49.6 Å². The Bertz CT molecular complexity index is 832. The number of hydrogen-bond acceptors (Lipinski definition) is 4. The molecule has 0 saturated carbocycles. The molecule has 1 aliphatic heterocycles. The molecule has 170 valence electrons. The van der Waals surface area contributed by atoms with Crippen molar-refractivity contribution in [2.75, 3.05) is 26.7 Å². The molecule has 2 heterocycles. The largest absolute Gasteiger partial charge is 0.372 e. The molecule has 0 spiro atoms. The van der Waals surface area contributed by atoms with Crippen molar-refractivity contribution in [2.45, 2.75) is 45.4 Å². The van der Waals surface area contributed by atoms with E-state index in [1.54, 1.807) is 18.4 Å². The summed E-state index contributed by atoms with van der Waals surface area (Å²) in [7, 11) is 1.78. The van der Waals surface area contributed by atoms with Crippen molar-refractivity contribution in [1.29, 1.82) is 0 Å². The van der Waals surface area contributed by atoms with Crippen LogP contribution in [-0.2, 0) is 11.3 Å². The smallest absolute Gasteiger partial charge is 0.254 e. The maximum atomic E-state index is 12.8. The van der Waals surface area contributed by atoms with Gasteiger partial charge >= 0.3 is 0 Å². The first-order valence-corrected chi connectivity index (χ1v) is 11.4. The Balaban J connectivity index is 0.00000341. The molecule has 2 N–H and O–H groups in total. The van der Waals surface area contributed by atoms with E-state index in [0.717, 1.165) is 18.1 Å². The molecule has 1 fully saturated rings. The second-order valence-corrected chi connectivity index (χ2v) is 8.87. The average molecular weight is 557 g/mol. The standard InChI is InChI=1S/C23H32N4O2S.HI/c1-16(21-6-5-11-30-21)12-25-23(24-4)26-13-19-7-9-20(10-8-19)22(28)27-14-17(2)29-18(3)15-27;/h5-11,16-18H,12-15H2,1-4H3,(H2,24,25,26);1H. The zero-order valence-electron chi connectivity index (χ0n) is 18.6. The van der Waals surface area contributed by atoms with E-state index in [4.69, 9.17) is 4.74 Å². The molecule has 0 aliphatic carbocycles. The molecule has 6 nitrogen and oxygen atoms in total. The first kappa shape index (κ1) is 25.6. The van der Waals surface area contributed by atoms with Crippen LogP contribution in [0.15, 0.2) is 46.8 Å². The maximum Gasteiger partial charge on any atom is 0.254 e. The molecule has 3 atom stereocenters. The maximum absolute atomic E-state index is 12.8. The zero-order valence-corrected chi connectivity index (χ0v) is 21.8. The van der Waals surface area contributed by atoms with Gasteiger partial charge in [-0.05, 0) is 43.0 Å². The summed E-state index contributed by atoms with van der Waals surface area (Å²) >= 11 is 1.78. The highest BCUT2D eigenvalue weighted by molar-refractivity contribution is 14.0. The fourth-order valence-electron chi connectivity index (χ4n) is 3.62. The van der Waals surface area contributed by atoms with Gasteiger partial charge in [0.25, 0.3) is 5.91 Å². The van der Waals surface area contributed by atoms with Crippen LogP contribution in [0, 0.1) is 0 Å². The number of amides is 1. The molecule has 0 radical (unpaired) electrons. The normalized spacial score (nSPS) is 20.0. The number of thiophene rings is 1. The molecular formula is C23H33IN4O2S. The van der Waals surface area contributed by atoms with Crippen LogP contribution in [0.25, 0.3) is 0 Å². The number of rotatable bonds is 6. The molecule has 1 amide bonds. The molecular weight excluding hydrogens is 523 g/mol. The SMILES string of the molecule is CN=C(NCc1ccc(C(=O)N2CC(C)OC(C)C2)cc1)NCC(C)c1cccs1.I. The molecule has 0 bridgehead atoms. The molecule has 8 heteroatoms. The summed E-state index contributed by atoms with van der Waals surface area (Å²) < 4.78 is 5.72. The van der Waals surface area contributed by atoms with Gasteiger partial charge in [-0.1, -0.05) is 25.1 Å². The summed E-state index contributed by atoms with van der Waals surface area (Å²) in [4.78, 5) is 20.3. The highest BCUT2D eigenvalue weighted by Gasteiger charge is 2.26. The van der Waals surface area contributed by atoms with E-state index >= 15 is 0 Å². The van der Waals surface area contributed by atoms with E-state index < -0.39 is 0 Å². The van der Waals surface area contributed by atoms with E-state index in [-0.39, 0.29) is 42.1 Å². The van der Waals surface area contributed by atoms with Crippen molar-refractivity contribution in [3.05, 3.63) is 57.8 Å². The molecule has 1 aliphatic rings. The topological polar surface area (TPSA) is 66.0 Å². The van der Waals surface area contributed by atoms with E-state index in [1.165, 1.54) is 4.88 Å². The number of morpholine rings is 1. The lowest BCUT2D eigenvalue weighted by Gasteiger charge is -2.35. The number of benzene rings is 1. The number of guanidine groups is 1. The van der Waals surface area contributed by atoms with E-state index in [2.05, 4.69) is 40.1 Å². The monoisotopic (exact) mass is 556 g/mol. The summed E-state index contributed by atoms with van der Waals surface area (Å²) in [5.41, 5.74) is 1.82. The third kappa shape index (κ3) is 7.47. The molecule has 2 aromatic rings. The summed E-state index contributed by atoms with van der Waals surface area (Å²) in [6, 6.07) is 12.0. The van der Waals surface area contributed by atoms with Gasteiger partial charge in [0.15, 0.2) is 5.96 Å². The van der Waals surface area contributed by atoms with Crippen molar-refractivity contribution < 1.29 is 9.53 Å². The van der Waals surface area contributed by atoms with Gasteiger partial charge in [-0.2, -0.15) is 0 Å². The number of nitrogens with zero attached hydrogens (tertiary/aromatic N) is 2. The lowest BCUT2D eigenvalue weighted by molar-refractivity contribution is -0.0586. The van der Waals surface area contributed by atoms with Gasteiger partial charge in [0.1, 0.15) is 0 Å². The van der Waals surface area contributed by atoms with Crippen LogP contribution in [0.1, 0.15) is 47.5 Å². The number of hydrogen-bond donors (Lipinski definition) is 2. The number of nitrogens with one attached hydrogen (secondary N) is 2. The third-order valence-electron chi connectivity index (χ3n) is 5.20. The zero-order chi connectivity index (χ0) is 21.5. The lowest BCUT2D eigenvalue weighted by Crippen LogP contribution is -2.48. The number of carbonyl (C=O) groups is 1. The van der Waals surface area contributed by atoms with E-state index in [1.807, 2.05) is 43.0 Å². The van der Waals surface area contributed by atoms with Crippen LogP contribution in [-0.4, -0.2) is 55.7 Å². The van der Waals surface area contributed by atoms with Gasteiger partial charge in [0.2, 0.25) is 0 Å². The molecule has 1 saturated heterocycles. The van der Waals surface area contributed by atoms with Crippen molar-refractivity contribution in [2.24, 2.45) is 4.99 Å². The predicted octanol–water partition coefficient (Wildman–Crippen LogP) is 4.08. The third-order valence-corrected chi connectivity index (χ3v) is 6.30. The highest BCUT2D eigenvalue weighted by atomic mass is 127. The molecule has 3 unspecified atom stereocenters. The van der Waals surface area contributed by atoms with Crippen LogP contribution < -0.4 is 10.6 Å². The second-order valence-electron chi connectivity index (χ2n) is 7.89. The minimum Gasteiger partial charge on any atom is -0.372 e. The predicted molar refractivity (Wildman–Crippen MR) is 139 cm³/mol. The van der Waals surface area contributed by atoms with Crippen LogP contribution >= 0.6 is 35.3 Å². The van der Waals surface area contributed by atoms with E-state index in [0.29, 0.717) is 31.1 Å². The first-order valence-electron chi connectivity index (χ1n) is 10.5.